The topological polar surface area (TPSA) is 77.5 Å². The molecule has 0 saturated carbocycles. The van der Waals surface area contributed by atoms with E-state index in [1.165, 1.54) is 19.6 Å². The number of carbonyl (C=O) groups is 2. The van der Waals surface area contributed by atoms with E-state index in [0.717, 1.165) is 16.3 Å². The number of hydrogen-bond acceptors (Lipinski definition) is 6. The van der Waals surface area contributed by atoms with Crippen LogP contribution in [0.25, 0.3) is 10.6 Å². The molecule has 3 rings (SSSR count). The van der Waals surface area contributed by atoms with Crippen molar-refractivity contribution in [2.75, 3.05) is 20.3 Å². The fourth-order valence-corrected chi connectivity index (χ4v) is 3.95. The summed E-state index contributed by atoms with van der Waals surface area (Å²) in [5.41, 5.74) is 3.89. The highest BCUT2D eigenvalue weighted by atomic mass is 32.1. The predicted octanol–water partition coefficient (Wildman–Crippen LogP) is 4.85. The van der Waals surface area contributed by atoms with Gasteiger partial charge in [0, 0.05) is 35.9 Å². The maximum atomic E-state index is 12.1. The molecule has 168 valence electrons. The van der Waals surface area contributed by atoms with Crippen LogP contribution in [0.5, 0.6) is 11.5 Å². The molecule has 0 saturated heterocycles. The van der Waals surface area contributed by atoms with Crippen LogP contribution in [0.4, 0.5) is 0 Å². The van der Waals surface area contributed by atoms with Crippen LogP contribution < -0.4 is 14.8 Å². The first kappa shape index (κ1) is 23.5. The molecule has 0 atom stereocenters. The lowest BCUT2D eigenvalue weighted by atomic mass is 10.1. The number of methoxy groups -OCH3 is 1. The fourth-order valence-electron chi connectivity index (χ4n) is 3.09. The molecule has 1 heterocycles. The lowest BCUT2D eigenvalue weighted by Gasteiger charge is -2.11. The largest absolute Gasteiger partial charge is 0.493 e. The van der Waals surface area contributed by atoms with Gasteiger partial charge in [-0.15, -0.1) is 11.3 Å². The quantitative estimate of drug-likeness (QED) is 0.332. The minimum atomic E-state index is -0.0319. The SMILES string of the molecule is COc1cc(C(C)=O)ccc1OCCCC(=O)NCCc1csc(-c2ccc(C)cc2)n1. The van der Waals surface area contributed by atoms with Crippen LogP contribution >= 0.6 is 11.3 Å². The molecule has 0 spiro atoms. The van der Waals surface area contributed by atoms with Crippen LogP contribution in [0.3, 0.4) is 0 Å². The predicted molar refractivity (Wildman–Crippen MR) is 127 cm³/mol. The van der Waals surface area contributed by atoms with Gasteiger partial charge < -0.3 is 14.8 Å². The van der Waals surface area contributed by atoms with E-state index in [-0.39, 0.29) is 11.7 Å². The van der Waals surface area contributed by atoms with Crippen molar-refractivity contribution in [3.8, 4) is 22.1 Å². The summed E-state index contributed by atoms with van der Waals surface area (Å²) < 4.78 is 11.0. The molecular formula is C25H28N2O4S. The van der Waals surface area contributed by atoms with E-state index in [0.29, 0.717) is 49.5 Å². The Hall–Kier alpha value is -3.19. The zero-order chi connectivity index (χ0) is 22.9. The number of hydrogen-bond donors (Lipinski definition) is 1. The summed E-state index contributed by atoms with van der Waals surface area (Å²) in [6.07, 6.45) is 1.65. The molecule has 0 radical (unpaired) electrons. The van der Waals surface area contributed by atoms with Crippen molar-refractivity contribution < 1.29 is 19.1 Å². The van der Waals surface area contributed by atoms with Crippen molar-refractivity contribution >= 4 is 23.0 Å². The Morgan fingerprint density at radius 3 is 2.59 bits per heavy atom. The Balaban J connectivity index is 1.36. The van der Waals surface area contributed by atoms with Gasteiger partial charge in [0.05, 0.1) is 19.4 Å². The molecule has 32 heavy (non-hydrogen) atoms. The van der Waals surface area contributed by atoms with Crippen molar-refractivity contribution in [3.63, 3.8) is 0 Å². The second kappa shape index (κ2) is 11.4. The summed E-state index contributed by atoms with van der Waals surface area (Å²) in [7, 11) is 1.53. The highest BCUT2D eigenvalue weighted by Crippen LogP contribution is 2.28. The van der Waals surface area contributed by atoms with Gasteiger partial charge >= 0.3 is 0 Å². The summed E-state index contributed by atoms with van der Waals surface area (Å²) in [6.45, 7) is 4.51. The lowest BCUT2D eigenvalue weighted by molar-refractivity contribution is -0.121. The van der Waals surface area contributed by atoms with E-state index in [9.17, 15) is 9.59 Å². The summed E-state index contributed by atoms with van der Waals surface area (Å²) >= 11 is 1.62. The average molecular weight is 453 g/mol. The monoisotopic (exact) mass is 452 g/mol. The first-order valence-electron chi connectivity index (χ1n) is 10.6. The van der Waals surface area contributed by atoms with Crippen LogP contribution in [-0.4, -0.2) is 36.9 Å². The highest BCUT2D eigenvalue weighted by molar-refractivity contribution is 7.13. The van der Waals surface area contributed by atoms with Crippen LogP contribution in [0.15, 0.2) is 47.8 Å². The number of amides is 1. The van der Waals surface area contributed by atoms with Gasteiger partial charge in [-0.25, -0.2) is 4.98 Å². The average Bonchev–Trinajstić information content (AvgIpc) is 3.26. The molecule has 0 bridgehead atoms. The minimum absolute atomic E-state index is 0.0125. The van der Waals surface area contributed by atoms with E-state index in [1.807, 2.05) is 5.38 Å². The number of aryl methyl sites for hydroxylation is 1. The van der Waals surface area contributed by atoms with Crippen LogP contribution in [-0.2, 0) is 11.2 Å². The maximum Gasteiger partial charge on any atom is 0.220 e. The molecule has 6 nitrogen and oxygen atoms in total. The molecule has 0 unspecified atom stereocenters. The Kier molecular flexibility index (Phi) is 8.39. The van der Waals surface area contributed by atoms with E-state index in [4.69, 9.17) is 9.47 Å². The van der Waals surface area contributed by atoms with Gasteiger partial charge in [-0.05, 0) is 38.5 Å². The van der Waals surface area contributed by atoms with Gasteiger partial charge in [-0.2, -0.15) is 0 Å². The summed E-state index contributed by atoms with van der Waals surface area (Å²) in [5, 5.41) is 5.97. The normalized spacial score (nSPS) is 10.6. The molecule has 0 aliphatic carbocycles. The van der Waals surface area contributed by atoms with Gasteiger partial charge in [-0.3, -0.25) is 9.59 Å². The minimum Gasteiger partial charge on any atom is -0.493 e. The standard InChI is InChI=1S/C25H28N2O4S/c1-17-6-8-19(9-7-17)25-27-21(16-32-25)12-13-26-24(29)5-4-14-31-22-11-10-20(18(2)28)15-23(22)30-3/h6-11,15-16H,4-5,12-14H2,1-3H3,(H,26,29). The number of Topliss-reactive ketones (excluding diaryl/α,β-unsaturated/α-hetero) is 1. The molecular weight excluding hydrogens is 424 g/mol. The molecule has 0 aliphatic rings. The zero-order valence-corrected chi connectivity index (χ0v) is 19.5. The second-order valence-corrected chi connectivity index (χ2v) is 8.34. The van der Waals surface area contributed by atoms with E-state index < -0.39 is 0 Å². The van der Waals surface area contributed by atoms with Crippen molar-refractivity contribution in [2.45, 2.75) is 33.1 Å². The van der Waals surface area contributed by atoms with Crippen LogP contribution in [0.1, 0.15) is 41.4 Å². The summed E-state index contributed by atoms with van der Waals surface area (Å²) in [5.74, 6) is 1.03. The smallest absolute Gasteiger partial charge is 0.220 e. The van der Waals surface area contributed by atoms with Crippen molar-refractivity contribution in [1.29, 1.82) is 0 Å². The Morgan fingerprint density at radius 2 is 1.88 bits per heavy atom. The van der Waals surface area contributed by atoms with Gasteiger partial charge in [0.25, 0.3) is 0 Å². The van der Waals surface area contributed by atoms with E-state index in [1.54, 1.807) is 29.5 Å². The third kappa shape index (κ3) is 6.65. The fraction of sp³-hybridized carbons (Fsp3) is 0.320. The molecule has 0 aliphatic heterocycles. The number of aromatic nitrogens is 1. The van der Waals surface area contributed by atoms with Crippen LogP contribution in [0, 0.1) is 6.92 Å². The number of ether oxygens (including phenoxy) is 2. The number of nitrogens with one attached hydrogen (secondary N) is 1. The molecule has 2 aromatic carbocycles. The van der Waals surface area contributed by atoms with Crippen LogP contribution in [0.2, 0.25) is 0 Å². The van der Waals surface area contributed by atoms with E-state index in [2.05, 4.69) is 41.5 Å². The first-order chi connectivity index (χ1) is 15.5. The summed E-state index contributed by atoms with van der Waals surface area (Å²) in [6, 6.07) is 13.4. The van der Waals surface area contributed by atoms with Gasteiger partial charge in [0.1, 0.15) is 5.01 Å². The zero-order valence-electron chi connectivity index (χ0n) is 18.6. The third-order valence-electron chi connectivity index (χ3n) is 4.93. The number of ketones is 1. The van der Waals surface area contributed by atoms with Gasteiger partial charge in [-0.1, -0.05) is 29.8 Å². The van der Waals surface area contributed by atoms with Gasteiger partial charge in [0.15, 0.2) is 17.3 Å². The number of nitrogens with zero attached hydrogens (tertiary/aromatic N) is 1. The Bertz CT molecular complexity index is 1060. The number of benzene rings is 2. The number of thiazole rings is 1. The lowest BCUT2D eigenvalue weighted by Crippen LogP contribution is -2.25. The first-order valence-corrected chi connectivity index (χ1v) is 11.4. The van der Waals surface area contributed by atoms with Crippen molar-refractivity contribution in [2.24, 2.45) is 0 Å². The number of rotatable bonds is 11. The summed E-state index contributed by atoms with van der Waals surface area (Å²) in [4.78, 5) is 28.2. The second-order valence-electron chi connectivity index (χ2n) is 7.48. The molecule has 0 fully saturated rings. The highest BCUT2D eigenvalue weighted by Gasteiger charge is 2.09. The van der Waals surface area contributed by atoms with E-state index >= 15 is 0 Å². The Labute approximate surface area is 192 Å². The van der Waals surface area contributed by atoms with Gasteiger partial charge in [0.2, 0.25) is 5.91 Å². The van der Waals surface area contributed by atoms with Crippen molar-refractivity contribution in [3.05, 3.63) is 64.7 Å². The molecule has 1 amide bonds. The Morgan fingerprint density at radius 1 is 1.09 bits per heavy atom. The van der Waals surface area contributed by atoms with Crippen molar-refractivity contribution in [1.82, 2.24) is 10.3 Å². The molecule has 3 aromatic rings. The third-order valence-corrected chi connectivity index (χ3v) is 5.87. The molecule has 1 aromatic heterocycles. The molecule has 1 N–H and O–H groups in total. The number of carbonyl (C=O) groups excluding carboxylic acids is 2. The maximum absolute atomic E-state index is 12.1. The molecule has 7 heteroatoms.